The molecule has 1 fully saturated rings. The van der Waals surface area contributed by atoms with Crippen LogP contribution in [-0.2, 0) is 11.3 Å². The highest BCUT2D eigenvalue weighted by molar-refractivity contribution is 5.85. The molecule has 18 heavy (non-hydrogen) atoms. The van der Waals surface area contributed by atoms with Gasteiger partial charge in [-0.15, -0.1) is 0 Å². The normalized spacial score (nSPS) is 26.1. The smallest absolute Gasteiger partial charge is 0.240 e. The van der Waals surface area contributed by atoms with Crippen LogP contribution in [0.2, 0.25) is 0 Å². The van der Waals surface area contributed by atoms with Crippen LogP contribution in [0.15, 0.2) is 30.3 Å². The van der Waals surface area contributed by atoms with Gasteiger partial charge in [0, 0.05) is 6.54 Å². The van der Waals surface area contributed by atoms with Crippen LogP contribution < -0.4 is 5.73 Å². The quantitative estimate of drug-likeness (QED) is 0.831. The third-order valence-corrected chi connectivity index (χ3v) is 3.88. The minimum atomic E-state index is -0.907. The summed E-state index contributed by atoms with van der Waals surface area (Å²) in [4.78, 5) is 13.8. The molecule has 4 heteroatoms. The van der Waals surface area contributed by atoms with Gasteiger partial charge in [-0.05, 0) is 31.9 Å². The van der Waals surface area contributed by atoms with Gasteiger partial charge in [0.15, 0.2) is 0 Å². The number of carbonyl (C=O) groups is 1. The Hall–Kier alpha value is -1.39. The highest BCUT2D eigenvalue weighted by Crippen LogP contribution is 2.33. The molecule has 0 radical (unpaired) electrons. The van der Waals surface area contributed by atoms with E-state index in [0.29, 0.717) is 13.0 Å². The molecule has 0 saturated carbocycles. The van der Waals surface area contributed by atoms with Gasteiger partial charge < -0.3 is 10.8 Å². The van der Waals surface area contributed by atoms with Crippen LogP contribution in [0.3, 0.4) is 0 Å². The van der Waals surface area contributed by atoms with Crippen LogP contribution in [0.4, 0.5) is 0 Å². The summed E-state index contributed by atoms with van der Waals surface area (Å²) in [6, 6.07) is 9.95. The molecule has 0 spiro atoms. The van der Waals surface area contributed by atoms with Crippen molar-refractivity contribution in [1.82, 2.24) is 4.90 Å². The summed E-state index contributed by atoms with van der Waals surface area (Å²) in [7, 11) is 0. The van der Waals surface area contributed by atoms with E-state index in [4.69, 9.17) is 5.73 Å². The monoisotopic (exact) mass is 248 g/mol. The van der Waals surface area contributed by atoms with E-state index in [1.54, 1.807) is 6.92 Å². The molecule has 2 atom stereocenters. The molecule has 4 nitrogen and oxygen atoms in total. The van der Waals surface area contributed by atoms with Crippen molar-refractivity contribution >= 4 is 5.91 Å². The highest BCUT2D eigenvalue weighted by atomic mass is 16.3. The van der Waals surface area contributed by atoms with Gasteiger partial charge in [-0.1, -0.05) is 30.3 Å². The summed E-state index contributed by atoms with van der Waals surface area (Å²) in [6.07, 6.45) is 0.772. The van der Waals surface area contributed by atoms with Crippen molar-refractivity contribution in [2.75, 3.05) is 6.54 Å². The lowest BCUT2D eigenvalue weighted by Crippen LogP contribution is -2.60. The van der Waals surface area contributed by atoms with Crippen molar-refractivity contribution in [3.8, 4) is 0 Å². The van der Waals surface area contributed by atoms with Crippen molar-refractivity contribution < 1.29 is 9.90 Å². The lowest BCUT2D eigenvalue weighted by Gasteiger charge is -2.38. The summed E-state index contributed by atoms with van der Waals surface area (Å²) in [5, 5.41) is 9.98. The molecule has 1 aromatic rings. The molecule has 98 valence electrons. The Morgan fingerprint density at radius 2 is 2.17 bits per heavy atom. The predicted octanol–water partition coefficient (Wildman–Crippen LogP) is 0.887. The van der Waals surface area contributed by atoms with Gasteiger partial charge in [-0.3, -0.25) is 9.69 Å². The number of benzene rings is 1. The lowest BCUT2D eigenvalue weighted by atomic mass is 9.89. The third-order valence-electron chi connectivity index (χ3n) is 3.88. The maximum Gasteiger partial charge on any atom is 0.240 e. The van der Waals surface area contributed by atoms with E-state index in [-0.39, 0.29) is 0 Å². The molecular weight excluding hydrogens is 228 g/mol. The van der Waals surface area contributed by atoms with Crippen LogP contribution in [0, 0.1) is 0 Å². The summed E-state index contributed by atoms with van der Waals surface area (Å²) >= 11 is 0. The van der Waals surface area contributed by atoms with E-state index in [1.807, 2.05) is 35.2 Å². The fourth-order valence-electron chi connectivity index (χ4n) is 2.88. The standard InChI is InChI=1S/C14H20N2O2/c1-11(17)14(13(15)18)8-5-9-16(14)10-12-6-3-2-4-7-12/h2-4,6-7,11,17H,5,8-10H2,1H3,(H2,15,18). The molecule has 2 rings (SSSR count). The van der Waals surface area contributed by atoms with Gasteiger partial charge in [0.25, 0.3) is 0 Å². The second-order valence-corrected chi connectivity index (χ2v) is 4.98. The maximum atomic E-state index is 11.8. The average molecular weight is 248 g/mol. The van der Waals surface area contributed by atoms with E-state index in [9.17, 15) is 9.90 Å². The van der Waals surface area contributed by atoms with E-state index < -0.39 is 17.6 Å². The third kappa shape index (κ3) is 2.13. The molecule has 0 aromatic heterocycles. The van der Waals surface area contributed by atoms with Gasteiger partial charge >= 0.3 is 0 Å². The molecule has 1 saturated heterocycles. The minimum Gasteiger partial charge on any atom is -0.391 e. The number of hydrogen-bond donors (Lipinski definition) is 2. The summed E-state index contributed by atoms with van der Waals surface area (Å²) in [6.45, 7) is 3.09. The SMILES string of the molecule is CC(O)C1(C(N)=O)CCCN1Cc1ccccc1. The Morgan fingerprint density at radius 3 is 2.72 bits per heavy atom. The average Bonchev–Trinajstić information content (AvgIpc) is 2.75. The Balaban J connectivity index is 2.24. The second kappa shape index (κ2) is 5.08. The zero-order valence-corrected chi connectivity index (χ0v) is 10.7. The lowest BCUT2D eigenvalue weighted by molar-refractivity contribution is -0.135. The zero-order valence-electron chi connectivity index (χ0n) is 10.7. The van der Waals surface area contributed by atoms with Crippen LogP contribution in [-0.4, -0.2) is 34.1 Å². The number of amides is 1. The van der Waals surface area contributed by atoms with E-state index in [0.717, 1.165) is 18.5 Å². The predicted molar refractivity (Wildman–Crippen MR) is 69.7 cm³/mol. The first-order chi connectivity index (χ1) is 8.57. The molecule has 0 aliphatic carbocycles. The van der Waals surface area contributed by atoms with E-state index >= 15 is 0 Å². The first-order valence-corrected chi connectivity index (χ1v) is 6.34. The summed E-state index contributed by atoms with van der Waals surface area (Å²) < 4.78 is 0. The summed E-state index contributed by atoms with van der Waals surface area (Å²) in [5.74, 6) is -0.425. The van der Waals surface area contributed by atoms with Gasteiger partial charge in [0.1, 0.15) is 5.54 Å². The van der Waals surface area contributed by atoms with E-state index in [1.165, 1.54) is 0 Å². The van der Waals surface area contributed by atoms with Crippen molar-refractivity contribution in [2.45, 2.75) is 38.0 Å². The fourth-order valence-corrected chi connectivity index (χ4v) is 2.88. The molecule has 2 unspecified atom stereocenters. The number of carbonyl (C=O) groups excluding carboxylic acids is 1. The van der Waals surface area contributed by atoms with Crippen molar-refractivity contribution in [1.29, 1.82) is 0 Å². The molecule has 1 heterocycles. The second-order valence-electron chi connectivity index (χ2n) is 4.98. The first-order valence-electron chi connectivity index (χ1n) is 6.34. The van der Waals surface area contributed by atoms with Crippen molar-refractivity contribution in [3.63, 3.8) is 0 Å². The van der Waals surface area contributed by atoms with Crippen molar-refractivity contribution in [2.24, 2.45) is 5.73 Å². The zero-order chi connectivity index (χ0) is 13.2. The highest BCUT2D eigenvalue weighted by Gasteiger charge is 2.49. The molecular formula is C14H20N2O2. The Kier molecular flexibility index (Phi) is 3.68. The van der Waals surface area contributed by atoms with Crippen LogP contribution in [0.25, 0.3) is 0 Å². The van der Waals surface area contributed by atoms with Crippen LogP contribution in [0.5, 0.6) is 0 Å². The van der Waals surface area contributed by atoms with Crippen molar-refractivity contribution in [3.05, 3.63) is 35.9 Å². The Morgan fingerprint density at radius 1 is 1.50 bits per heavy atom. The molecule has 1 aromatic carbocycles. The fraction of sp³-hybridized carbons (Fsp3) is 0.500. The number of aliphatic hydroxyl groups excluding tert-OH is 1. The largest absolute Gasteiger partial charge is 0.391 e. The van der Waals surface area contributed by atoms with Crippen LogP contribution in [0.1, 0.15) is 25.3 Å². The van der Waals surface area contributed by atoms with Gasteiger partial charge in [-0.25, -0.2) is 0 Å². The van der Waals surface area contributed by atoms with Gasteiger partial charge in [-0.2, -0.15) is 0 Å². The number of likely N-dealkylation sites (tertiary alicyclic amines) is 1. The van der Waals surface area contributed by atoms with Gasteiger partial charge in [0.05, 0.1) is 6.10 Å². The first kappa shape index (κ1) is 13.1. The number of hydrogen-bond acceptors (Lipinski definition) is 3. The molecule has 1 aliphatic heterocycles. The summed E-state index contributed by atoms with van der Waals surface area (Å²) in [5.41, 5.74) is 5.76. The van der Waals surface area contributed by atoms with E-state index in [2.05, 4.69) is 0 Å². The Labute approximate surface area is 107 Å². The minimum absolute atomic E-state index is 0.425. The molecule has 1 aliphatic rings. The number of aliphatic hydroxyl groups is 1. The number of nitrogens with two attached hydrogens (primary N) is 1. The van der Waals surface area contributed by atoms with Gasteiger partial charge in [0.2, 0.25) is 5.91 Å². The molecule has 1 amide bonds. The molecule has 0 bridgehead atoms. The number of nitrogens with zero attached hydrogens (tertiary/aromatic N) is 1. The topological polar surface area (TPSA) is 66.6 Å². The maximum absolute atomic E-state index is 11.8. The number of primary amides is 1. The van der Waals surface area contributed by atoms with Crippen LogP contribution >= 0.6 is 0 Å². The number of rotatable bonds is 4. The molecule has 3 N–H and O–H groups in total. The Bertz CT molecular complexity index is 419.